The van der Waals surface area contributed by atoms with E-state index in [4.69, 9.17) is 18.6 Å². The summed E-state index contributed by atoms with van der Waals surface area (Å²) < 4.78 is 75.1. The lowest BCUT2D eigenvalue weighted by Gasteiger charge is -2.38. The van der Waals surface area contributed by atoms with Crippen molar-refractivity contribution >= 4 is 20.7 Å². The summed E-state index contributed by atoms with van der Waals surface area (Å²) in [5.74, 6) is 0. The number of hydrogen-bond donors (Lipinski definition) is 4. The van der Waals surface area contributed by atoms with Gasteiger partial charge in [-0.3, -0.25) is 9.11 Å². The number of nitrogens with one attached hydrogen (secondary N) is 1. The third-order valence-corrected chi connectivity index (χ3v) is 3.46. The third-order valence-electron chi connectivity index (χ3n) is 2.46. The fourth-order valence-corrected chi connectivity index (χ4v) is 2.64. The standard InChI is InChI=1S/C7H15NO10S2/c1-16-7-6(8-19(10,11)12)5(9)2-4(18-7)3-17-20(13,14)15/h4-9H,2-3H2,1H3,(H,10,11,12)(H,13,14,15)/t4?,5-,6?,7+/m0/s1. The van der Waals surface area contributed by atoms with Crippen LogP contribution in [0.15, 0.2) is 0 Å². The van der Waals surface area contributed by atoms with Gasteiger partial charge >= 0.3 is 20.7 Å². The van der Waals surface area contributed by atoms with Crippen molar-refractivity contribution in [1.82, 2.24) is 4.72 Å². The Bertz CT molecular complexity index is 516. The van der Waals surface area contributed by atoms with Gasteiger partial charge in [0, 0.05) is 13.5 Å². The van der Waals surface area contributed by atoms with Crippen LogP contribution in [0.4, 0.5) is 0 Å². The van der Waals surface area contributed by atoms with Crippen molar-refractivity contribution in [2.45, 2.75) is 31.0 Å². The van der Waals surface area contributed by atoms with E-state index in [2.05, 4.69) is 4.18 Å². The molecular weight excluding hydrogens is 322 g/mol. The van der Waals surface area contributed by atoms with Crippen molar-refractivity contribution in [3.8, 4) is 0 Å². The maximum atomic E-state index is 10.7. The molecule has 0 saturated carbocycles. The number of aliphatic hydroxyl groups is 1. The molecule has 1 saturated heterocycles. The van der Waals surface area contributed by atoms with Crippen LogP contribution in [0.3, 0.4) is 0 Å². The second-order valence-corrected chi connectivity index (χ2v) is 6.27. The predicted octanol–water partition coefficient (Wildman–Crippen LogP) is -2.31. The molecule has 0 amide bonds. The van der Waals surface area contributed by atoms with Gasteiger partial charge in [0.1, 0.15) is 6.04 Å². The Hall–Kier alpha value is -0.380. The van der Waals surface area contributed by atoms with E-state index >= 15 is 0 Å². The molecule has 0 aromatic heterocycles. The van der Waals surface area contributed by atoms with Gasteiger partial charge in [-0.25, -0.2) is 4.18 Å². The summed E-state index contributed by atoms with van der Waals surface area (Å²) in [6.45, 7) is -0.589. The van der Waals surface area contributed by atoms with E-state index in [9.17, 15) is 21.9 Å². The van der Waals surface area contributed by atoms with Gasteiger partial charge in [0.15, 0.2) is 6.29 Å². The van der Waals surface area contributed by atoms with Gasteiger partial charge in [-0.15, -0.1) is 0 Å². The molecule has 1 rings (SSSR count). The second-order valence-electron chi connectivity index (χ2n) is 4.00. The molecule has 0 radical (unpaired) electrons. The largest absolute Gasteiger partial charge is 0.397 e. The molecule has 13 heteroatoms. The van der Waals surface area contributed by atoms with Gasteiger partial charge in [-0.05, 0) is 0 Å². The van der Waals surface area contributed by atoms with E-state index in [1.54, 1.807) is 4.72 Å². The average molecular weight is 337 g/mol. The molecule has 4 N–H and O–H groups in total. The highest BCUT2D eigenvalue weighted by molar-refractivity contribution is 7.83. The van der Waals surface area contributed by atoms with Crippen molar-refractivity contribution in [3.63, 3.8) is 0 Å². The Kier molecular flexibility index (Phi) is 5.82. The minimum absolute atomic E-state index is 0.206. The number of ether oxygens (including phenoxy) is 2. The molecule has 0 spiro atoms. The van der Waals surface area contributed by atoms with Crippen LogP contribution >= 0.6 is 0 Å². The first-order valence-corrected chi connectivity index (χ1v) is 8.05. The van der Waals surface area contributed by atoms with E-state index in [0.717, 1.165) is 7.11 Å². The third kappa shape index (κ3) is 5.94. The normalized spacial score (nSPS) is 32.2. The first-order valence-electron chi connectivity index (χ1n) is 5.24. The maximum Gasteiger partial charge on any atom is 0.397 e. The lowest BCUT2D eigenvalue weighted by molar-refractivity contribution is -0.222. The van der Waals surface area contributed by atoms with Crippen LogP contribution in [0.5, 0.6) is 0 Å². The first-order chi connectivity index (χ1) is 9.02. The number of hydrogen-bond acceptors (Lipinski definition) is 8. The van der Waals surface area contributed by atoms with Crippen molar-refractivity contribution in [1.29, 1.82) is 0 Å². The fraction of sp³-hybridized carbons (Fsp3) is 1.00. The minimum Gasteiger partial charge on any atom is -0.391 e. The smallest absolute Gasteiger partial charge is 0.391 e. The molecule has 20 heavy (non-hydrogen) atoms. The molecule has 2 unspecified atom stereocenters. The van der Waals surface area contributed by atoms with Gasteiger partial charge in [0.05, 0.1) is 18.8 Å². The van der Waals surface area contributed by atoms with Gasteiger partial charge in [-0.2, -0.15) is 21.6 Å². The summed E-state index contributed by atoms with van der Waals surface area (Å²) in [6.07, 6.45) is -3.78. The van der Waals surface area contributed by atoms with E-state index in [1.807, 2.05) is 0 Å². The van der Waals surface area contributed by atoms with Crippen LogP contribution in [-0.4, -0.2) is 69.3 Å². The lowest BCUT2D eigenvalue weighted by Crippen LogP contribution is -2.58. The van der Waals surface area contributed by atoms with E-state index in [0.29, 0.717) is 0 Å². The zero-order valence-electron chi connectivity index (χ0n) is 10.2. The van der Waals surface area contributed by atoms with Crippen molar-refractivity contribution in [3.05, 3.63) is 0 Å². The van der Waals surface area contributed by atoms with Crippen LogP contribution in [0.25, 0.3) is 0 Å². The molecule has 0 bridgehead atoms. The first kappa shape index (κ1) is 17.7. The zero-order valence-corrected chi connectivity index (χ0v) is 11.9. The quantitative estimate of drug-likeness (QED) is 0.386. The van der Waals surface area contributed by atoms with E-state index < -0.39 is 51.8 Å². The average Bonchev–Trinajstić information content (AvgIpc) is 2.26. The monoisotopic (exact) mass is 337 g/mol. The molecule has 1 fully saturated rings. The molecule has 0 aromatic rings. The molecule has 120 valence electrons. The fourth-order valence-electron chi connectivity index (χ4n) is 1.70. The molecule has 1 aliphatic heterocycles. The number of aliphatic hydroxyl groups excluding tert-OH is 1. The Morgan fingerprint density at radius 1 is 1.30 bits per heavy atom. The van der Waals surface area contributed by atoms with Crippen LogP contribution in [0, 0.1) is 0 Å². The van der Waals surface area contributed by atoms with Gasteiger partial charge < -0.3 is 14.6 Å². The molecule has 4 atom stereocenters. The molecule has 1 aliphatic rings. The lowest BCUT2D eigenvalue weighted by atomic mass is 10.0. The van der Waals surface area contributed by atoms with Crippen LogP contribution in [0.2, 0.25) is 0 Å². The Morgan fingerprint density at radius 3 is 2.35 bits per heavy atom. The van der Waals surface area contributed by atoms with E-state index in [1.165, 1.54) is 0 Å². The highest BCUT2D eigenvalue weighted by atomic mass is 32.3. The predicted molar refractivity (Wildman–Crippen MR) is 62.3 cm³/mol. The van der Waals surface area contributed by atoms with Gasteiger partial charge in [0.2, 0.25) is 0 Å². The SMILES string of the molecule is CO[C@@H]1OC(COS(=O)(=O)O)C[C@H](O)C1NS(=O)(=O)O. The second kappa shape index (κ2) is 6.59. The number of methoxy groups -OCH3 is 1. The summed E-state index contributed by atoms with van der Waals surface area (Å²) in [7, 11) is -8.10. The van der Waals surface area contributed by atoms with Crippen molar-refractivity contribution in [2.24, 2.45) is 0 Å². The van der Waals surface area contributed by atoms with Crippen LogP contribution in [-0.2, 0) is 34.4 Å². The molecule has 0 aliphatic carbocycles. The highest BCUT2D eigenvalue weighted by Gasteiger charge is 2.40. The van der Waals surface area contributed by atoms with Crippen LogP contribution < -0.4 is 4.72 Å². The Labute approximate surface area is 115 Å². The Balaban J connectivity index is 2.70. The van der Waals surface area contributed by atoms with Crippen molar-refractivity contribution < 1.29 is 44.7 Å². The summed E-state index contributed by atoms with van der Waals surface area (Å²) in [5.41, 5.74) is 0. The molecule has 1 heterocycles. The minimum atomic E-state index is -4.66. The van der Waals surface area contributed by atoms with Crippen molar-refractivity contribution in [2.75, 3.05) is 13.7 Å². The summed E-state index contributed by atoms with van der Waals surface area (Å²) >= 11 is 0. The van der Waals surface area contributed by atoms with Gasteiger partial charge in [0.25, 0.3) is 0 Å². The number of rotatable bonds is 6. The Morgan fingerprint density at radius 2 is 1.90 bits per heavy atom. The molecular formula is C7H15NO10S2. The topological polar surface area (TPSA) is 169 Å². The van der Waals surface area contributed by atoms with Crippen LogP contribution in [0.1, 0.15) is 6.42 Å². The van der Waals surface area contributed by atoms with E-state index in [-0.39, 0.29) is 6.42 Å². The molecule has 11 nitrogen and oxygen atoms in total. The van der Waals surface area contributed by atoms with Gasteiger partial charge in [-0.1, -0.05) is 0 Å². The zero-order chi connectivity index (χ0) is 15.6. The molecule has 0 aromatic carbocycles. The highest BCUT2D eigenvalue weighted by Crippen LogP contribution is 2.22. The summed E-state index contributed by atoms with van der Waals surface area (Å²) in [4.78, 5) is 0. The maximum absolute atomic E-state index is 10.7. The summed E-state index contributed by atoms with van der Waals surface area (Å²) in [5, 5.41) is 9.77. The summed E-state index contributed by atoms with van der Waals surface area (Å²) in [6, 6.07) is -1.28.